The molecule has 0 spiro atoms. The molecular weight excluding hydrogens is 230 g/mol. The number of rotatable bonds is 10. The number of nitrogens with zero attached hydrogens (tertiary/aromatic N) is 2. The lowest BCUT2D eigenvalue weighted by atomic mass is 10.0. The molecule has 0 saturated heterocycles. The normalized spacial score (nSPS) is 14.8. The second-order valence-corrected chi connectivity index (χ2v) is 5.00. The van der Waals surface area contributed by atoms with Crippen LogP contribution in [-0.4, -0.2) is 63.5 Å². The summed E-state index contributed by atoms with van der Waals surface area (Å²) in [7, 11) is 3.37. The van der Waals surface area contributed by atoms with Crippen LogP contribution in [0.2, 0.25) is 0 Å². The number of hydrogen-bond donors (Lipinski definition) is 1. The van der Waals surface area contributed by atoms with E-state index in [0.717, 1.165) is 13.1 Å². The van der Waals surface area contributed by atoms with E-state index in [9.17, 15) is 5.26 Å². The molecule has 0 saturated carbocycles. The predicted molar refractivity (Wildman–Crippen MR) is 72.5 cm³/mol. The van der Waals surface area contributed by atoms with Crippen LogP contribution in [0.1, 0.15) is 20.8 Å². The molecule has 0 radical (unpaired) electrons. The number of ether oxygens (including phenoxy) is 2. The van der Waals surface area contributed by atoms with Crippen LogP contribution in [0.15, 0.2) is 0 Å². The summed E-state index contributed by atoms with van der Waals surface area (Å²) in [4.78, 5) is 2.19. The summed E-state index contributed by atoms with van der Waals surface area (Å²) in [6.07, 6.45) is 0. The van der Waals surface area contributed by atoms with Gasteiger partial charge in [0.15, 0.2) is 0 Å². The summed E-state index contributed by atoms with van der Waals surface area (Å²) in [6.45, 7) is 9.61. The Balaban J connectivity index is 4.44. The topological polar surface area (TPSA) is 57.5 Å². The molecule has 0 aromatic heterocycles. The Morgan fingerprint density at radius 3 is 2.06 bits per heavy atom. The van der Waals surface area contributed by atoms with Crippen LogP contribution < -0.4 is 5.32 Å². The minimum atomic E-state index is -0.546. The van der Waals surface area contributed by atoms with Crippen molar-refractivity contribution in [1.82, 2.24) is 10.2 Å². The van der Waals surface area contributed by atoms with Crippen molar-refractivity contribution >= 4 is 0 Å². The van der Waals surface area contributed by atoms with E-state index in [1.54, 1.807) is 14.2 Å². The summed E-state index contributed by atoms with van der Waals surface area (Å²) >= 11 is 0. The molecule has 0 amide bonds. The highest BCUT2D eigenvalue weighted by Crippen LogP contribution is 2.07. The average Bonchev–Trinajstić information content (AvgIpc) is 2.31. The summed E-state index contributed by atoms with van der Waals surface area (Å²) in [6, 6.07) is 2.64. The van der Waals surface area contributed by atoms with Crippen molar-refractivity contribution in [3.8, 4) is 6.07 Å². The van der Waals surface area contributed by atoms with Gasteiger partial charge in [0, 0.05) is 39.9 Å². The van der Waals surface area contributed by atoms with Gasteiger partial charge in [0.2, 0.25) is 0 Å². The van der Waals surface area contributed by atoms with Crippen LogP contribution in [0, 0.1) is 11.3 Å². The van der Waals surface area contributed by atoms with Gasteiger partial charge in [-0.2, -0.15) is 5.26 Å². The van der Waals surface area contributed by atoms with Gasteiger partial charge in [-0.1, -0.05) is 0 Å². The van der Waals surface area contributed by atoms with Crippen LogP contribution in [0.5, 0.6) is 0 Å². The fraction of sp³-hybridized carbons (Fsp3) is 0.923. The van der Waals surface area contributed by atoms with Gasteiger partial charge in [0.25, 0.3) is 0 Å². The number of nitriles is 1. The molecule has 5 heteroatoms. The molecule has 5 nitrogen and oxygen atoms in total. The van der Waals surface area contributed by atoms with E-state index in [0.29, 0.717) is 19.8 Å². The van der Waals surface area contributed by atoms with Crippen molar-refractivity contribution in [2.75, 3.05) is 47.1 Å². The molecule has 0 aromatic carbocycles. The highest BCUT2D eigenvalue weighted by molar-refractivity contribution is 5.06. The minimum Gasteiger partial charge on any atom is -0.383 e. The second-order valence-electron chi connectivity index (χ2n) is 5.00. The molecular formula is C13H27N3O2. The minimum absolute atomic E-state index is 0.279. The maximum Gasteiger partial charge on any atom is 0.116 e. The SMILES string of the molecule is COCCN(CCOC)CC(C)(C#N)NC(C)C. The number of methoxy groups -OCH3 is 2. The molecule has 0 fully saturated rings. The smallest absolute Gasteiger partial charge is 0.116 e. The molecule has 0 bridgehead atoms. The van der Waals surface area contributed by atoms with Gasteiger partial charge in [-0.3, -0.25) is 10.2 Å². The van der Waals surface area contributed by atoms with Crippen LogP contribution in [0.4, 0.5) is 0 Å². The Morgan fingerprint density at radius 1 is 1.22 bits per heavy atom. The highest BCUT2D eigenvalue weighted by Gasteiger charge is 2.27. The van der Waals surface area contributed by atoms with Crippen molar-refractivity contribution in [2.24, 2.45) is 0 Å². The van der Waals surface area contributed by atoms with Crippen molar-refractivity contribution in [3.63, 3.8) is 0 Å². The zero-order valence-electron chi connectivity index (χ0n) is 12.3. The van der Waals surface area contributed by atoms with Gasteiger partial charge in [-0.05, 0) is 20.8 Å². The van der Waals surface area contributed by atoms with Gasteiger partial charge >= 0.3 is 0 Å². The Hall–Kier alpha value is -0.670. The van der Waals surface area contributed by atoms with E-state index in [1.807, 2.05) is 20.8 Å². The molecule has 1 N–H and O–H groups in total. The second kappa shape index (κ2) is 9.29. The van der Waals surface area contributed by atoms with Crippen molar-refractivity contribution in [2.45, 2.75) is 32.4 Å². The van der Waals surface area contributed by atoms with Crippen LogP contribution >= 0.6 is 0 Å². The highest BCUT2D eigenvalue weighted by atomic mass is 16.5. The number of hydrogen-bond acceptors (Lipinski definition) is 5. The molecule has 1 atom stereocenters. The zero-order chi connectivity index (χ0) is 14.0. The van der Waals surface area contributed by atoms with Gasteiger partial charge in [0.1, 0.15) is 5.54 Å². The summed E-state index contributed by atoms with van der Waals surface area (Å²) in [5, 5.41) is 12.6. The van der Waals surface area contributed by atoms with E-state index in [4.69, 9.17) is 9.47 Å². The maximum absolute atomic E-state index is 9.33. The molecule has 0 aliphatic heterocycles. The van der Waals surface area contributed by atoms with E-state index in [2.05, 4.69) is 16.3 Å². The first-order valence-electron chi connectivity index (χ1n) is 6.36. The zero-order valence-corrected chi connectivity index (χ0v) is 12.3. The summed E-state index contributed by atoms with van der Waals surface area (Å²) in [5.41, 5.74) is -0.546. The monoisotopic (exact) mass is 257 g/mol. The maximum atomic E-state index is 9.33. The molecule has 0 aliphatic carbocycles. The first-order chi connectivity index (χ1) is 8.47. The van der Waals surface area contributed by atoms with E-state index >= 15 is 0 Å². The van der Waals surface area contributed by atoms with Gasteiger partial charge in [-0.15, -0.1) is 0 Å². The molecule has 106 valence electrons. The third-order valence-electron chi connectivity index (χ3n) is 2.62. The van der Waals surface area contributed by atoms with E-state index < -0.39 is 5.54 Å². The lowest BCUT2D eigenvalue weighted by molar-refractivity contribution is 0.101. The molecule has 0 rings (SSSR count). The van der Waals surface area contributed by atoms with Crippen molar-refractivity contribution < 1.29 is 9.47 Å². The van der Waals surface area contributed by atoms with Gasteiger partial charge in [-0.25, -0.2) is 0 Å². The largest absolute Gasteiger partial charge is 0.383 e. The van der Waals surface area contributed by atoms with Crippen LogP contribution in [0.3, 0.4) is 0 Å². The van der Waals surface area contributed by atoms with Crippen molar-refractivity contribution in [3.05, 3.63) is 0 Å². The average molecular weight is 257 g/mol. The Kier molecular flexibility index (Phi) is 8.94. The predicted octanol–water partition coefficient (Wildman–Crippen LogP) is 0.861. The third kappa shape index (κ3) is 7.62. The lowest BCUT2D eigenvalue weighted by Gasteiger charge is -2.32. The molecule has 1 unspecified atom stereocenters. The molecule has 18 heavy (non-hydrogen) atoms. The fourth-order valence-corrected chi connectivity index (χ4v) is 1.91. The van der Waals surface area contributed by atoms with Crippen LogP contribution in [0.25, 0.3) is 0 Å². The van der Waals surface area contributed by atoms with E-state index in [-0.39, 0.29) is 6.04 Å². The fourth-order valence-electron chi connectivity index (χ4n) is 1.91. The summed E-state index contributed by atoms with van der Waals surface area (Å²) in [5.74, 6) is 0. The van der Waals surface area contributed by atoms with Gasteiger partial charge < -0.3 is 9.47 Å². The first kappa shape index (κ1) is 17.3. The van der Waals surface area contributed by atoms with E-state index in [1.165, 1.54) is 0 Å². The molecule has 0 heterocycles. The molecule has 0 aliphatic rings. The summed E-state index contributed by atoms with van der Waals surface area (Å²) < 4.78 is 10.2. The Bertz CT molecular complexity index is 245. The standard InChI is InChI=1S/C13H27N3O2/c1-12(2)15-13(3,10-14)11-16(6-8-17-4)7-9-18-5/h12,15H,6-9,11H2,1-5H3. The first-order valence-corrected chi connectivity index (χ1v) is 6.36. The number of nitrogens with one attached hydrogen (secondary N) is 1. The Morgan fingerprint density at radius 2 is 1.72 bits per heavy atom. The van der Waals surface area contributed by atoms with Crippen molar-refractivity contribution in [1.29, 1.82) is 5.26 Å². The quantitative estimate of drug-likeness (QED) is 0.629. The van der Waals surface area contributed by atoms with Crippen LogP contribution in [-0.2, 0) is 9.47 Å². The third-order valence-corrected chi connectivity index (χ3v) is 2.62. The lowest BCUT2D eigenvalue weighted by Crippen LogP contribution is -2.53. The Labute approximate surface area is 111 Å². The molecule has 0 aromatic rings. The van der Waals surface area contributed by atoms with Gasteiger partial charge in [0.05, 0.1) is 19.3 Å².